The van der Waals surface area contributed by atoms with Gasteiger partial charge < -0.3 is 10.1 Å². The average Bonchev–Trinajstić information content (AvgIpc) is 2.52. The van der Waals surface area contributed by atoms with E-state index in [1.165, 1.54) is 31.4 Å². The molecule has 0 atom stereocenters. The summed E-state index contributed by atoms with van der Waals surface area (Å²) in [6.45, 7) is -2.37. The second-order valence-corrected chi connectivity index (χ2v) is 7.90. The van der Waals surface area contributed by atoms with Crippen LogP contribution in [0.5, 0.6) is 5.75 Å². The summed E-state index contributed by atoms with van der Waals surface area (Å²) < 4.78 is 28.6. The molecule has 0 unspecified atom stereocenters. The first kappa shape index (κ1) is 15.9. The highest BCUT2D eigenvalue weighted by Gasteiger charge is 2.54. The molecule has 0 aliphatic heterocycles. The monoisotopic (exact) mass is 335 g/mol. The van der Waals surface area contributed by atoms with Gasteiger partial charge in [-0.05, 0) is 74.0 Å². The molecular weight excluding hydrogens is 312 g/mol. The topological polar surface area (TPSA) is 38.3 Å². The number of benzene rings is 1. The van der Waals surface area contributed by atoms with Crippen molar-refractivity contribution >= 4 is 5.91 Å². The molecule has 0 saturated heterocycles. The Bertz CT molecular complexity index is 579. The summed E-state index contributed by atoms with van der Waals surface area (Å²) in [7, 11) is 0. The molecule has 0 radical (unpaired) electrons. The van der Waals surface area contributed by atoms with Crippen molar-refractivity contribution < 1.29 is 18.3 Å². The lowest BCUT2D eigenvalue weighted by molar-refractivity contribution is -0.146. The van der Waals surface area contributed by atoms with E-state index in [1.54, 1.807) is 12.1 Å². The first-order valence-electron chi connectivity index (χ1n) is 8.84. The quantitative estimate of drug-likeness (QED) is 0.879. The zero-order valence-electron chi connectivity index (χ0n) is 13.6. The molecule has 1 N–H and O–H groups in total. The summed E-state index contributed by atoms with van der Waals surface area (Å²) in [5, 5.41) is 3.09. The van der Waals surface area contributed by atoms with Gasteiger partial charge in [0, 0.05) is 12.0 Å². The van der Waals surface area contributed by atoms with Gasteiger partial charge in [0.25, 0.3) is 0 Å². The van der Waals surface area contributed by atoms with Crippen molar-refractivity contribution in [1.29, 1.82) is 0 Å². The second-order valence-electron chi connectivity index (χ2n) is 7.90. The number of alkyl halides is 2. The fourth-order valence-corrected chi connectivity index (χ4v) is 5.55. The second kappa shape index (κ2) is 6.01. The molecule has 4 bridgehead atoms. The maximum atomic E-state index is 12.8. The smallest absolute Gasteiger partial charge is 0.387 e. The molecule has 1 aromatic carbocycles. The molecule has 3 nitrogen and oxygen atoms in total. The number of ether oxygens (including phenoxy) is 1. The number of halogens is 2. The summed E-state index contributed by atoms with van der Waals surface area (Å²) in [6.07, 6.45) is 7.10. The van der Waals surface area contributed by atoms with Gasteiger partial charge in [-0.25, -0.2) is 0 Å². The van der Waals surface area contributed by atoms with Crippen molar-refractivity contribution in [2.45, 2.75) is 51.7 Å². The van der Waals surface area contributed by atoms with Gasteiger partial charge in [0.2, 0.25) is 5.91 Å². The fraction of sp³-hybridized carbons (Fsp3) is 0.632. The molecule has 0 aromatic heterocycles. The lowest BCUT2D eigenvalue weighted by Crippen LogP contribution is -2.53. The summed E-state index contributed by atoms with van der Waals surface area (Å²) >= 11 is 0. The maximum absolute atomic E-state index is 12.8. The fourth-order valence-electron chi connectivity index (χ4n) is 5.55. The lowest BCUT2D eigenvalue weighted by atomic mass is 9.49. The molecule has 4 fully saturated rings. The van der Waals surface area contributed by atoms with E-state index >= 15 is 0 Å². The normalized spacial score (nSPS) is 33.7. The molecule has 130 valence electrons. The van der Waals surface area contributed by atoms with Crippen LogP contribution in [0.4, 0.5) is 8.78 Å². The predicted molar refractivity (Wildman–Crippen MR) is 85.5 cm³/mol. The Balaban J connectivity index is 1.37. The number of nitrogens with one attached hydrogen (secondary N) is 1. The third-order valence-corrected chi connectivity index (χ3v) is 6.12. The highest BCUT2D eigenvalue weighted by Crippen LogP contribution is 2.60. The number of amides is 1. The molecule has 5 heteroatoms. The molecule has 1 aromatic rings. The highest BCUT2D eigenvalue weighted by molar-refractivity contribution is 5.83. The van der Waals surface area contributed by atoms with Crippen LogP contribution in [0, 0.1) is 23.2 Å². The van der Waals surface area contributed by atoms with E-state index in [1.807, 2.05) is 0 Å². The van der Waals surface area contributed by atoms with Gasteiger partial charge in [0.05, 0.1) is 0 Å². The Morgan fingerprint density at radius 3 is 2.12 bits per heavy atom. The van der Waals surface area contributed by atoms with Gasteiger partial charge in [-0.3, -0.25) is 4.79 Å². The number of hydrogen-bond donors (Lipinski definition) is 1. The van der Waals surface area contributed by atoms with Crippen LogP contribution in [0.2, 0.25) is 0 Å². The molecule has 4 saturated carbocycles. The Kier molecular flexibility index (Phi) is 3.97. The molecule has 24 heavy (non-hydrogen) atoms. The van der Waals surface area contributed by atoms with Gasteiger partial charge in [-0.15, -0.1) is 0 Å². The van der Waals surface area contributed by atoms with Crippen molar-refractivity contribution in [2.75, 3.05) is 0 Å². The third-order valence-electron chi connectivity index (χ3n) is 6.12. The Labute approximate surface area is 140 Å². The van der Waals surface area contributed by atoms with Gasteiger partial charge in [-0.2, -0.15) is 8.78 Å². The van der Waals surface area contributed by atoms with Crippen LogP contribution in [-0.2, 0) is 11.3 Å². The van der Waals surface area contributed by atoms with Crippen LogP contribution in [0.1, 0.15) is 44.1 Å². The minimum Gasteiger partial charge on any atom is -0.435 e. The largest absolute Gasteiger partial charge is 0.435 e. The van der Waals surface area contributed by atoms with Crippen molar-refractivity contribution in [3.05, 3.63) is 29.8 Å². The van der Waals surface area contributed by atoms with Gasteiger partial charge in [0.15, 0.2) is 0 Å². The molecule has 4 aliphatic rings. The van der Waals surface area contributed by atoms with Crippen molar-refractivity contribution in [3.8, 4) is 5.75 Å². The molecular formula is C19H23F2NO2. The maximum Gasteiger partial charge on any atom is 0.387 e. The van der Waals surface area contributed by atoms with E-state index in [0.29, 0.717) is 6.54 Å². The molecule has 4 aliphatic carbocycles. The Morgan fingerprint density at radius 1 is 1.08 bits per heavy atom. The van der Waals surface area contributed by atoms with Crippen LogP contribution in [0.25, 0.3) is 0 Å². The minimum atomic E-state index is -2.81. The summed E-state index contributed by atoms with van der Waals surface area (Å²) in [6, 6.07) is 6.46. The lowest BCUT2D eigenvalue weighted by Gasteiger charge is -2.55. The first-order chi connectivity index (χ1) is 11.5. The first-order valence-corrected chi connectivity index (χ1v) is 8.84. The highest BCUT2D eigenvalue weighted by atomic mass is 19.3. The molecule has 0 spiro atoms. The van der Waals surface area contributed by atoms with E-state index in [0.717, 1.165) is 42.6 Å². The molecule has 5 rings (SSSR count). The number of hydrogen-bond acceptors (Lipinski definition) is 2. The number of carbonyl (C=O) groups is 1. The van der Waals surface area contributed by atoms with Gasteiger partial charge in [-0.1, -0.05) is 12.1 Å². The Morgan fingerprint density at radius 2 is 1.62 bits per heavy atom. The van der Waals surface area contributed by atoms with E-state index in [-0.39, 0.29) is 17.1 Å². The Hall–Kier alpha value is -1.65. The SMILES string of the molecule is O=C(NCc1ccc(OC(F)F)cc1)C12CC3CC(CC(C3)C1)C2. The summed E-state index contributed by atoms with van der Waals surface area (Å²) in [4.78, 5) is 12.8. The van der Waals surface area contributed by atoms with E-state index in [2.05, 4.69) is 10.1 Å². The molecule has 0 heterocycles. The van der Waals surface area contributed by atoms with E-state index < -0.39 is 6.61 Å². The summed E-state index contributed by atoms with van der Waals surface area (Å²) in [5.41, 5.74) is 0.753. The van der Waals surface area contributed by atoms with Crippen LogP contribution < -0.4 is 10.1 Å². The summed E-state index contributed by atoms with van der Waals surface area (Å²) in [5.74, 6) is 2.56. The van der Waals surface area contributed by atoms with Crippen molar-refractivity contribution in [1.82, 2.24) is 5.32 Å². The van der Waals surface area contributed by atoms with Crippen molar-refractivity contribution in [2.24, 2.45) is 23.2 Å². The number of carbonyl (C=O) groups excluding carboxylic acids is 1. The third kappa shape index (κ3) is 3.01. The van der Waals surface area contributed by atoms with Gasteiger partial charge in [0.1, 0.15) is 5.75 Å². The van der Waals surface area contributed by atoms with Crippen LogP contribution in [0.15, 0.2) is 24.3 Å². The van der Waals surface area contributed by atoms with Crippen LogP contribution in [-0.4, -0.2) is 12.5 Å². The zero-order chi connectivity index (χ0) is 16.7. The van der Waals surface area contributed by atoms with Crippen molar-refractivity contribution in [3.63, 3.8) is 0 Å². The average molecular weight is 335 g/mol. The van der Waals surface area contributed by atoms with Crippen LogP contribution >= 0.6 is 0 Å². The van der Waals surface area contributed by atoms with E-state index in [9.17, 15) is 13.6 Å². The zero-order valence-corrected chi connectivity index (χ0v) is 13.6. The minimum absolute atomic E-state index is 0.140. The molecule has 1 amide bonds. The predicted octanol–water partition coefficient (Wildman–Crippen LogP) is 4.12. The van der Waals surface area contributed by atoms with Crippen LogP contribution in [0.3, 0.4) is 0 Å². The van der Waals surface area contributed by atoms with E-state index in [4.69, 9.17) is 0 Å². The van der Waals surface area contributed by atoms with Gasteiger partial charge >= 0.3 is 6.61 Å². The number of rotatable bonds is 5. The standard InChI is InChI=1S/C19H23F2NO2/c20-18(21)24-16-3-1-12(2-4-16)11-22-17(23)19-8-13-5-14(9-19)7-15(6-13)10-19/h1-4,13-15,18H,5-11H2,(H,22,23).